The average molecular weight is 225 g/mol. The van der Waals surface area contributed by atoms with E-state index in [1.165, 1.54) is 26.7 Å². The minimum atomic E-state index is 0.994. The molecule has 0 amide bonds. The summed E-state index contributed by atoms with van der Waals surface area (Å²) >= 11 is 0. The highest BCUT2D eigenvalue weighted by molar-refractivity contribution is 6.07. The van der Waals surface area contributed by atoms with Gasteiger partial charge in [0, 0.05) is 10.8 Å². The zero-order valence-electron chi connectivity index (χ0n) is 10.3. The Balaban J connectivity index is 2.41. The summed E-state index contributed by atoms with van der Waals surface area (Å²) in [6.45, 7) is 0.994. The summed E-state index contributed by atoms with van der Waals surface area (Å²) in [5.41, 5.74) is 2.66. The highest BCUT2D eigenvalue weighted by Gasteiger charge is 2.10. The second kappa shape index (κ2) is 3.90. The Kier molecular flexibility index (Phi) is 2.37. The number of fused-ring (bicyclic) bond motifs is 3. The highest BCUT2D eigenvalue weighted by Crippen LogP contribution is 2.27. The summed E-state index contributed by atoms with van der Waals surface area (Å²) < 4.78 is 2.40. The van der Waals surface area contributed by atoms with Gasteiger partial charge in [0.1, 0.15) is 0 Å². The molecule has 0 aliphatic carbocycles. The van der Waals surface area contributed by atoms with Crippen molar-refractivity contribution < 1.29 is 4.90 Å². The number of nitrogens with one attached hydrogen (secondary N) is 1. The summed E-state index contributed by atoms with van der Waals surface area (Å²) in [5.74, 6) is 0. The number of para-hydroxylation sites is 2. The van der Waals surface area contributed by atoms with Crippen molar-refractivity contribution in [1.29, 1.82) is 0 Å². The lowest BCUT2D eigenvalue weighted by Gasteiger charge is -2.10. The Morgan fingerprint density at radius 2 is 1.29 bits per heavy atom. The maximum absolute atomic E-state index is 2.40. The Bertz CT molecular complexity index is 612. The molecule has 0 aliphatic heterocycles. The standard InChI is InChI=1S/C15H16N2/c1-16(2)11-17-14-9-5-3-7-12(14)13-8-4-6-10-15(13)17/h3-10H,11H2,1-2H3/p+1. The lowest BCUT2D eigenvalue weighted by molar-refractivity contribution is -0.881. The molecule has 3 aromatic rings. The maximum atomic E-state index is 2.40. The van der Waals surface area contributed by atoms with Gasteiger partial charge in [-0.2, -0.15) is 0 Å². The first-order valence-corrected chi connectivity index (χ1v) is 6.02. The molecule has 1 heterocycles. The summed E-state index contributed by atoms with van der Waals surface area (Å²) in [7, 11) is 4.37. The van der Waals surface area contributed by atoms with Crippen LogP contribution in [0.2, 0.25) is 0 Å². The molecule has 2 heteroatoms. The largest absolute Gasteiger partial charge is 0.322 e. The van der Waals surface area contributed by atoms with E-state index in [1.807, 2.05) is 0 Å². The molecule has 86 valence electrons. The Labute approximate surface area is 101 Å². The number of hydrogen-bond donors (Lipinski definition) is 1. The first-order chi connectivity index (χ1) is 8.27. The first kappa shape index (κ1) is 10.4. The molecular formula is C15H17N2+. The van der Waals surface area contributed by atoms with Gasteiger partial charge in [0.25, 0.3) is 0 Å². The first-order valence-electron chi connectivity index (χ1n) is 6.02. The van der Waals surface area contributed by atoms with Crippen molar-refractivity contribution in [1.82, 2.24) is 4.57 Å². The minimum Gasteiger partial charge on any atom is -0.322 e. The smallest absolute Gasteiger partial charge is 0.156 e. The molecule has 0 radical (unpaired) electrons. The molecule has 0 aliphatic rings. The summed E-state index contributed by atoms with van der Waals surface area (Å²) in [5, 5.41) is 2.70. The van der Waals surface area contributed by atoms with Crippen LogP contribution >= 0.6 is 0 Å². The zero-order chi connectivity index (χ0) is 11.8. The van der Waals surface area contributed by atoms with Gasteiger partial charge in [0.15, 0.2) is 6.67 Å². The van der Waals surface area contributed by atoms with Gasteiger partial charge < -0.3 is 4.90 Å². The van der Waals surface area contributed by atoms with Crippen LogP contribution in [0.4, 0.5) is 0 Å². The molecule has 0 atom stereocenters. The van der Waals surface area contributed by atoms with Gasteiger partial charge in [-0.3, -0.25) is 4.57 Å². The second-order valence-corrected chi connectivity index (χ2v) is 4.83. The van der Waals surface area contributed by atoms with E-state index in [1.54, 1.807) is 0 Å². The molecule has 0 unspecified atom stereocenters. The fourth-order valence-electron chi connectivity index (χ4n) is 2.49. The molecule has 1 N–H and O–H groups in total. The number of aromatic nitrogens is 1. The minimum absolute atomic E-state index is 0.994. The number of nitrogens with zero attached hydrogens (tertiary/aromatic N) is 1. The van der Waals surface area contributed by atoms with Gasteiger partial charge in [-0.15, -0.1) is 0 Å². The lowest BCUT2D eigenvalue weighted by Crippen LogP contribution is -3.04. The Hall–Kier alpha value is -1.80. The quantitative estimate of drug-likeness (QED) is 0.682. The molecule has 17 heavy (non-hydrogen) atoms. The summed E-state index contributed by atoms with van der Waals surface area (Å²) in [4.78, 5) is 1.43. The van der Waals surface area contributed by atoms with Crippen LogP contribution in [0.5, 0.6) is 0 Å². The van der Waals surface area contributed by atoms with Crippen LogP contribution in [0.3, 0.4) is 0 Å². The molecule has 3 rings (SSSR count). The average Bonchev–Trinajstić information content (AvgIpc) is 2.65. The van der Waals surface area contributed by atoms with Crippen LogP contribution in [-0.4, -0.2) is 18.7 Å². The number of benzene rings is 2. The van der Waals surface area contributed by atoms with E-state index in [4.69, 9.17) is 0 Å². The van der Waals surface area contributed by atoms with Gasteiger partial charge in [0.05, 0.1) is 25.1 Å². The third-order valence-electron chi connectivity index (χ3n) is 3.15. The van der Waals surface area contributed by atoms with E-state index in [0.717, 1.165) is 6.67 Å². The van der Waals surface area contributed by atoms with Crippen molar-refractivity contribution in [3.8, 4) is 0 Å². The van der Waals surface area contributed by atoms with Crippen molar-refractivity contribution in [2.45, 2.75) is 6.67 Å². The number of quaternary nitrogens is 1. The van der Waals surface area contributed by atoms with Gasteiger partial charge in [-0.25, -0.2) is 0 Å². The predicted octanol–water partition coefficient (Wildman–Crippen LogP) is 1.90. The molecule has 1 aromatic heterocycles. The van der Waals surface area contributed by atoms with Crippen LogP contribution < -0.4 is 4.90 Å². The van der Waals surface area contributed by atoms with Crippen LogP contribution in [0.25, 0.3) is 21.8 Å². The lowest BCUT2D eigenvalue weighted by atomic mass is 10.2. The third-order valence-corrected chi connectivity index (χ3v) is 3.15. The van der Waals surface area contributed by atoms with E-state index in [-0.39, 0.29) is 0 Å². The topological polar surface area (TPSA) is 9.37 Å². The van der Waals surface area contributed by atoms with Gasteiger partial charge in [-0.05, 0) is 12.1 Å². The number of hydrogen-bond acceptors (Lipinski definition) is 0. The molecule has 0 saturated carbocycles. The Morgan fingerprint density at radius 3 is 1.76 bits per heavy atom. The SMILES string of the molecule is C[NH+](C)Cn1c2ccccc2c2ccccc21. The van der Waals surface area contributed by atoms with Crippen molar-refractivity contribution in [2.24, 2.45) is 0 Å². The van der Waals surface area contributed by atoms with E-state index in [0.29, 0.717) is 0 Å². The van der Waals surface area contributed by atoms with E-state index < -0.39 is 0 Å². The maximum Gasteiger partial charge on any atom is 0.156 e. The summed E-state index contributed by atoms with van der Waals surface area (Å²) in [6, 6.07) is 17.3. The van der Waals surface area contributed by atoms with Gasteiger partial charge >= 0.3 is 0 Å². The predicted molar refractivity (Wildman–Crippen MR) is 72.3 cm³/mol. The molecule has 0 bridgehead atoms. The van der Waals surface area contributed by atoms with Crippen LogP contribution in [-0.2, 0) is 6.67 Å². The van der Waals surface area contributed by atoms with Crippen molar-refractivity contribution in [2.75, 3.05) is 14.1 Å². The third kappa shape index (κ3) is 1.61. The fourth-order valence-corrected chi connectivity index (χ4v) is 2.49. The Morgan fingerprint density at radius 1 is 0.824 bits per heavy atom. The monoisotopic (exact) mass is 225 g/mol. The summed E-state index contributed by atoms with van der Waals surface area (Å²) in [6.07, 6.45) is 0. The number of rotatable bonds is 2. The molecule has 2 nitrogen and oxygen atoms in total. The van der Waals surface area contributed by atoms with Crippen molar-refractivity contribution in [3.05, 3.63) is 48.5 Å². The molecular weight excluding hydrogens is 208 g/mol. The molecule has 0 saturated heterocycles. The van der Waals surface area contributed by atoms with Gasteiger partial charge in [-0.1, -0.05) is 36.4 Å². The van der Waals surface area contributed by atoms with E-state index in [2.05, 4.69) is 67.2 Å². The van der Waals surface area contributed by atoms with Crippen molar-refractivity contribution >= 4 is 21.8 Å². The second-order valence-electron chi connectivity index (χ2n) is 4.83. The normalized spacial score (nSPS) is 11.7. The molecule has 2 aromatic carbocycles. The zero-order valence-corrected chi connectivity index (χ0v) is 10.3. The van der Waals surface area contributed by atoms with Crippen LogP contribution in [0, 0.1) is 0 Å². The highest BCUT2D eigenvalue weighted by atomic mass is 15.2. The van der Waals surface area contributed by atoms with E-state index >= 15 is 0 Å². The van der Waals surface area contributed by atoms with Crippen LogP contribution in [0.1, 0.15) is 0 Å². The van der Waals surface area contributed by atoms with E-state index in [9.17, 15) is 0 Å². The van der Waals surface area contributed by atoms with Crippen LogP contribution in [0.15, 0.2) is 48.5 Å². The molecule has 0 spiro atoms. The molecule has 0 fully saturated rings. The van der Waals surface area contributed by atoms with Gasteiger partial charge in [0.2, 0.25) is 0 Å². The fraction of sp³-hybridized carbons (Fsp3) is 0.200. The van der Waals surface area contributed by atoms with Crippen molar-refractivity contribution in [3.63, 3.8) is 0 Å².